The average Bonchev–Trinajstić information content (AvgIpc) is 3.09. The fourth-order valence-electron chi connectivity index (χ4n) is 2.48. The maximum absolute atomic E-state index is 12.7. The number of aromatic nitrogens is 2. The predicted molar refractivity (Wildman–Crippen MR) is 94.2 cm³/mol. The summed E-state index contributed by atoms with van der Waals surface area (Å²) in [6.07, 6.45) is 0. The SMILES string of the molecule is CCN(Cc1nc(-c2cccc(C)c2)no1)S(=O)(=O)c1ccccc1. The minimum Gasteiger partial charge on any atom is -0.338 e. The van der Waals surface area contributed by atoms with Crippen LogP contribution >= 0.6 is 0 Å². The second kappa shape index (κ2) is 7.16. The number of rotatable bonds is 6. The normalized spacial score (nSPS) is 11.8. The third kappa shape index (κ3) is 3.78. The number of aryl methyl sites for hydroxylation is 1. The van der Waals surface area contributed by atoms with Crippen molar-refractivity contribution in [2.75, 3.05) is 6.54 Å². The molecule has 0 aliphatic heterocycles. The quantitative estimate of drug-likeness (QED) is 0.677. The number of nitrogens with zero attached hydrogens (tertiary/aromatic N) is 3. The fraction of sp³-hybridized carbons (Fsp3) is 0.222. The van der Waals surface area contributed by atoms with E-state index in [0.29, 0.717) is 12.4 Å². The maximum atomic E-state index is 12.7. The molecule has 2 aromatic carbocycles. The molecule has 0 fully saturated rings. The minimum absolute atomic E-state index is 0.0343. The van der Waals surface area contributed by atoms with E-state index >= 15 is 0 Å². The Morgan fingerprint density at radius 1 is 1.08 bits per heavy atom. The second-order valence-electron chi connectivity index (χ2n) is 5.63. The van der Waals surface area contributed by atoms with Gasteiger partial charge in [0.15, 0.2) is 0 Å². The molecular weight excluding hydrogens is 338 g/mol. The molecule has 1 aromatic heterocycles. The monoisotopic (exact) mass is 357 g/mol. The van der Waals surface area contributed by atoms with Gasteiger partial charge in [-0.2, -0.15) is 9.29 Å². The first kappa shape index (κ1) is 17.3. The summed E-state index contributed by atoms with van der Waals surface area (Å²) in [6, 6.07) is 16.1. The Morgan fingerprint density at radius 3 is 2.52 bits per heavy atom. The molecule has 0 N–H and O–H groups in total. The van der Waals surface area contributed by atoms with E-state index in [9.17, 15) is 8.42 Å². The van der Waals surface area contributed by atoms with Gasteiger partial charge in [0.1, 0.15) is 0 Å². The van der Waals surface area contributed by atoms with Crippen molar-refractivity contribution >= 4 is 10.0 Å². The lowest BCUT2D eigenvalue weighted by Gasteiger charge is -2.18. The molecule has 7 heteroatoms. The van der Waals surface area contributed by atoms with Crippen LogP contribution in [-0.2, 0) is 16.6 Å². The van der Waals surface area contributed by atoms with Crippen molar-refractivity contribution in [1.82, 2.24) is 14.4 Å². The van der Waals surface area contributed by atoms with Crippen LogP contribution < -0.4 is 0 Å². The summed E-state index contributed by atoms with van der Waals surface area (Å²) >= 11 is 0. The third-order valence-corrected chi connectivity index (χ3v) is 5.72. The third-order valence-electron chi connectivity index (χ3n) is 3.79. The lowest BCUT2D eigenvalue weighted by molar-refractivity contribution is 0.321. The molecule has 0 bridgehead atoms. The molecular formula is C18H19N3O3S. The van der Waals surface area contributed by atoms with E-state index in [-0.39, 0.29) is 17.3 Å². The standard InChI is InChI=1S/C18H19N3O3S/c1-3-21(25(22,23)16-10-5-4-6-11-16)13-17-19-18(20-24-17)15-9-7-8-14(2)12-15/h4-12H,3,13H2,1-2H3. The van der Waals surface area contributed by atoms with Gasteiger partial charge in [0.2, 0.25) is 21.7 Å². The Labute approximate surface area is 147 Å². The highest BCUT2D eigenvalue weighted by Gasteiger charge is 2.25. The summed E-state index contributed by atoms with van der Waals surface area (Å²) < 4.78 is 32.0. The fourth-order valence-corrected chi connectivity index (χ4v) is 3.90. The summed E-state index contributed by atoms with van der Waals surface area (Å²) in [4.78, 5) is 4.58. The van der Waals surface area contributed by atoms with Crippen molar-refractivity contribution in [3.8, 4) is 11.4 Å². The van der Waals surface area contributed by atoms with E-state index in [1.54, 1.807) is 37.3 Å². The zero-order chi connectivity index (χ0) is 17.9. The van der Waals surface area contributed by atoms with Gasteiger partial charge in [-0.1, -0.05) is 54.0 Å². The Bertz CT molecular complexity index is 952. The highest BCUT2D eigenvalue weighted by Crippen LogP contribution is 2.20. The lowest BCUT2D eigenvalue weighted by Crippen LogP contribution is -2.30. The van der Waals surface area contributed by atoms with Crippen LogP contribution in [0.1, 0.15) is 18.4 Å². The highest BCUT2D eigenvalue weighted by molar-refractivity contribution is 7.89. The summed E-state index contributed by atoms with van der Waals surface area (Å²) in [6.45, 7) is 4.10. The Morgan fingerprint density at radius 2 is 1.84 bits per heavy atom. The molecule has 0 unspecified atom stereocenters. The molecule has 0 amide bonds. The van der Waals surface area contributed by atoms with Crippen LogP contribution in [0.5, 0.6) is 0 Å². The molecule has 0 radical (unpaired) electrons. The van der Waals surface area contributed by atoms with Gasteiger partial charge in [-0.25, -0.2) is 8.42 Å². The van der Waals surface area contributed by atoms with Gasteiger partial charge in [-0.3, -0.25) is 0 Å². The minimum atomic E-state index is -3.61. The smallest absolute Gasteiger partial charge is 0.243 e. The van der Waals surface area contributed by atoms with Crippen molar-refractivity contribution in [3.63, 3.8) is 0 Å². The van der Waals surface area contributed by atoms with Crippen LogP contribution in [0.2, 0.25) is 0 Å². The van der Waals surface area contributed by atoms with E-state index in [1.165, 1.54) is 4.31 Å². The summed E-state index contributed by atoms with van der Waals surface area (Å²) in [5, 5.41) is 3.96. The molecule has 1 heterocycles. The van der Waals surface area contributed by atoms with Gasteiger partial charge in [0.05, 0.1) is 11.4 Å². The van der Waals surface area contributed by atoms with E-state index in [1.807, 2.05) is 31.2 Å². The topological polar surface area (TPSA) is 76.3 Å². The van der Waals surface area contributed by atoms with Crippen molar-refractivity contribution < 1.29 is 12.9 Å². The average molecular weight is 357 g/mol. The summed E-state index contributed by atoms with van der Waals surface area (Å²) in [5.74, 6) is 0.713. The van der Waals surface area contributed by atoms with Gasteiger partial charge in [0, 0.05) is 12.1 Å². The Hall–Kier alpha value is -2.51. The van der Waals surface area contributed by atoms with Crippen LogP contribution in [0.3, 0.4) is 0 Å². The van der Waals surface area contributed by atoms with Crippen LogP contribution in [0.15, 0.2) is 64.0 Å². The maximum Gasteiger partial charge on any atom is 0.243 e. The molecule has 0 spiro atoms. The first-order valence-corrected chi connectivity index (χ1v) is 9.39. The summed E-state index contributed by atoms with van der Waals surface area (Å²) in [5.41, 5.74) is 1.93. The number of benzene rings is 2. The first-order chi connectivity index (χ1) is 12.0. The molecule has 0 aliphatic carbocycles. The number of hydrogen-bond donors (Lipinski definition) is 0. The second-order valence-corrected chi connectivity index (χ2v) is 7.56. The zero-order valence-electron chi connectivity index (χ0n) is 14.1. The van der Waals surface area contributed by atoms with Crippen LogP contribution in [0.25, 0.3) is 11.4 Å². The van der Waals surface area contributed by atoms with Gasteiger partial charge in [-0.15, -0.1) is 0 Å². The van der Waals surface area contributed by atoms with E-state index in [2.05, 4.69) is 10.1 Å². The first-order valence-electron chi connectivity index (χ1n) is 7.95. The largest absolute Gasteiger partial charge is 0.338 e. The molecule has 0 atom stereocenters. The lowest BCUT2D eigenvalue weighted by atomic mass is 10.1. The Kier molecular flexibility index (Phi) is 4.96. The van der Waals surface area contributed by atoms with Crippen LogP contribution in [0.4, 0.5) is 0 Å². The predicted octanol–water partition coefficient (Wildman–Crippen LogP) is 3.26. The van der Waals surface area contributed by atoms with E-state index in [4.69, 9.17) is 4.52 Å². The van der Waals surface area contributed by atoms with Crippen LogP contribution in [-0.4, -0.2) is 29.4 Å². The van der Waals surface area contributed by atoms with E-state index < -0.39 is 10.0 Å². The number of hydrogen-bond acceptors (Lipinski definition) is 5. The molecule has 6 nitrogen and oxygen atoms in total. The Balaban J connectivity index is 1.84. The molecule has 3 rings (SSSR count). The molecule has 0 saturated heterocycles. The van der Waals surface area contributed by atoms with Crippen molar-refractivity contribution in [2.45, 2.75) is 25.3 Å². The molecule has 25 heavy (non-hydrogen) atoms. The zero-order valence-corrected chi connectivity index (χ0v) is 14.9. The van der Waals surface area contributed by atoms with Gasteiger partial charge in [-0.05, 0) is 25.1 Å². The number of sulfonamides is 1. The van der Waals surface area contributed by atoms with E-state index in [0.717, 1.165) is 11.1 Å². The van der Waals surface area contributed by atoms with Crippen molar-refractivity contribution in [2.24, 2.45) is 0 Å². The van der Waals surface area contributed by atoms with Crippen LogP contribution in [0, 0.1) is 6.92 Å². The highest BCUT2D eigenvalue weighted by atomic mass is 32.2. The molecule has 0 saturated carbocycles. The van der Waals surface area contributed by atoms with Gasteiger partial charge >= 0.3 is 0 Å². The molecule has 0 aliphatic rings. The van der Waals surface area contributed by atoms with Crippen molar-refractivity contribution in [1.29, 1.82) is 0 Å². The molecule has 130 valence electrons. The van der Waals surface area contributed by atoms with Crippen molar-refractivity contribution in [3.05, 3.63) is 66.1 Å². The summed E-state index contributed by atoms with van der Waals surface area (Å²) in [7, 11) is -3.61. The molecule has 3 aromatic rings. The van der Waals surface area contributed by atoms with Gasteiger partial charge in [0.25, 0.3) is 0 Å². The van der Waals surface area contributed by atoms with Gasteiger partial charge < -0.3 is 4.52 Å².